The molecule has 0 aromatic heterocycles. The number of nitrogens with two attached hydrogens (primary N) is 1. The van der Waals surface area contributed by atoms with Crippen molar-refractivity contribution in [1.82, 2.24) is 10.6 Å². The Labute approximate surface area is 114 Å². The highest BCUT2D eigenvalue weighted by atomic mass is 16.5. The van der Waals surface area contributed by atoms with Crippen LogP contribution in [0.4, 0.5) is 0 Å². The molecule has 1 aliphatic heterocycles. The van der Waals surface area contributed by atoms with E-state index in [1.54, 1.807) is 6.92 Å². The van der Waals surface area contributed by atoms with Crippen LogP contribution in [0.25, 0.3) is 0 Å². The van der Waals surface area contributed by atoms with E-state index in [0.717, 1.165) is 6.42 Å². The summed E-state index contributed by atoms with van der Waals surface area (Å²) >= 11 is 0. The van der Waals surface area contributed by atoms with E-state index < -0.39 is 5.41 Å². The van der Waals surface area contributed by atoms with Crippen LogP contribution in [0.1, 0.15) is 33.6 Å². The molecule has 0 spiro atoms. The van der Waals surface area contributed by atoms with Gasteiger partial charge in [-0.1, -0.05) is 6.92 Å². The van der Waals surface area contributed by atoms with Gasteiger partial charge in [0.1, 0.15) is 0 Å². The first-order valence-corrected chi connectivity index (χ1v) is 6.81. The molecule has 6 nitrogen and oxygen atoms in total. The molecule has 0 saturated carbocycles. The van der Waals surface area contributed by atoms with E-state index in [4.69, 9.17) is 10.5 Å². The van der Waals surface area contributed by atoms with Crippen LogP contribution in [0.3, 0.4) is 0 Å². The van der Waals surface area contributed by atoms with Crippen LogP contribution in [-0.2, 0) is 14.3 Å². The minimum Gasteiger partial charge on any atom is -0.379 e. The summed E-state index contributed by atoms with van der Waals surface area (Å²) in [5.74, 6) is -0.194. The van der Waals surface area contributed by atoms with Gasteiger partial charge < -0.3 is 21.1 Å². The van der Waals surface area contributed by atoms with Crippen LogP contribution in [0.2, 0.25) is 0 Å². The smallest absolute Gasteiger partial charge is 0.229 e. The molecule has 3 atom stereocenters. The molecule has 2 amide bonds. The van der Waals surface area contributed by atoms with Crippen LogP contribution < -0.4 is 16.4 Å². The largest absolute Gasteiger partial charge is 0.379 e. The van der Waals surface area contributed by atoms with E-state index in [0.29, 0.717) is 19.8 Å². The lowest BCUT2D eigenvalue weighted by Crippen LogP contribution is -2.50. The van der Waals surface area contributed by atoms with Crippen molar-refractivity contribution in [2.24, 2.45) is 11.1 Å². The third kappa shape index (κ3) is 4.18. The molecule has 0 radical (unpaired) electrons. The van der Waals surface area contributed by atoms with Crippen LogP contribution >= 0.6 is 0 Å². The molecular formula is C13H25N3O3. The van der Waals surface area contributed by atoms with Gasteiger partial charge in [-0.3, -0.25) is 9.59 Å². The molecular weight excluding hydrogens is 246 g/mol. The summed E-state index contributed by atoms with van der Waals surface area (Å²) < 4.78 is 5.22. The fourth-order valence-corrected chi connectivity index (χ4v) is 1.86. The first-order valence-electron chi connectivity index (χ1n) is 6.81. The van der Waals surface area contributed by atoms with Crippen molar-refractivity contribution >= 4 is 11.8 Å². The second-order valence-corrected chi connectivity index (χ2v) is 5.42. The number of ether oxygens (including phenoxy) is 1. The van der Waals surface area contributed by atoms with Gasteiger partial charge in [0.15, 0.2) is 0 Å². The second-order valence-electron chi connectivity index (χ2n) is 5.42. The van der Waals surface area contributed by atoms with Crippen LogP contribution in [0, 0.1) is 5.41 Å². The lowest BCUT2D eigenvalue weighted by molar-refractivity contribution is -0.130. The zero-order valence-electron chi connectivity index (χ0n) is 12.0. The number of carbonyl (C=O) groups is 2. The van der Waals surface area contributed by atoms with E-state index in [-0.39, 0.29) is 30.3 Å². The molecule has 6 heteroatoms. The Hall–Kier alpha value is -1.14. The van der Waals surface area contributed by atoms with Crippen molar-refractivity contribution in [1.29, 1.82) is 0 Å². The maximum atomic E-state index is 12.0. The molecule has 3 unspecified atom stereocenters. The average molecular weight is 271 g/mol. The zero-order chi connectivity index (χ0) is 14.5. The summed E-state index contributed by atoms with van der Waals surface area (Å²) in [5, 5.41) is 5.61. The van der Waals surface area contributed by atoms with Crippen LogP contribution in [0.5, 0.6) is 0 Å². The third-order valence-corrected chi connectivity index (χ3v) is 3.69. The number of rotatable bonds is 6. The van der Waals surface area contributed by atoms with Crippen LogP contribution in [0.15, 0.2) is 0 Å². The molecule has 4 N–H and O–H groups in total. The molecule has 1 heterocycles. The Kier molecular flexibility index (Phi) is 5.75. The van der Waals surface area contributed by atoms with E-state index in [1.165, 1.54) is 0 Å². The predicted octanol–water partition coefficient (Wildman–Crippen LogP) is -0.229. The summed E-state index contributed by atoms with van der Waals surface area (Å²) in [6, 6.07) is -0.126. The van der Waals surface area contributed by atoms with Gasteiger partial charge in [-0.2, -0.15) is 0 Å². The Balaban J connectivity index is 2.29. The molecule has 19 heavy (non-hydrogen) atoms. The first-order chi connectivity index (χ1) is 8.90. The topological polar surface area (TPSA) is 93.5 Å². The molecule has 1 rings (SSSR count). The number of hydrogen-bond acceptors (Lipinski definition) is 4. The molecule has 1 aliphatic rings. The standard InChI is InChI=1S/C13H25N3O3/c1-4-9(2)16-11(17)5-6-15-12(18)13(3)8-19-7-10(13)14/h9-10H,4-8,14H2,1-3H3,(H,15,18)(H,16,17). The normalized spacial score (nSPS) is 27.9. The predicted molar refractivity (Wildman–Crippen MR) is 72.4 cm³/mol. The minimum atomic E-state index is -0.687. The summed E-state index contributed by atoms with van der Waals surface area (Å²) in [6.45, 7) is 6.81. The molecule has 0 aromatic rings. The van der Waals surface area contributed by atoms with Crippen molar-refractivity contribution in [3.8, 4) is 0 Å². The molecule has 1 saturated heterocycles. The quantitative estimate of drug-likeness (QED) is 0.622. The molecule has 0 aliphatic carbocycles. The van der Waals surface area contributed by atoms with Gasteiger partial charge in [-0.05, 0) is 20.3 Å². The first kappa shape index (κ1) is 15.9. The summed E-state index contributed by atoms with van der Waals surface area (Å²) in [6.07, 6.45) is 1.17. The number of amides is 2. The van der Waals surface area contributed by atoms with Gasteiger partial charge in [0.2, 0.25) is 11.8 Å². The second kappa shape index (κ2) is 6.86. The van der Waals surface area contributed by atoms with Crippen LogP contribution in [-0.4, -0.2) is 43.7 Å². The Morgan fingerprint density at radius 2 is 2.21 bits per heavy atom. The Bertz CT molecular complexity index is 335. The zero-order valence-corrected chi connectivity index (χ0v) is 12.0. The van der Waals surface area contributed by atoms with Crippen molar-refractivity contribution in [2.75, 3.05) is 19.8 Å². The molecule has 1 fully saturated rings. The number of nitrogens with one attached hydrogen (secondary N) is 2. The lowest BCUT2D eigenvalue weighted by atomic mass is 9.85. The van der Waals surface area contributed by atoms with Crippen molar-refractivity contribution in [3.05, 3.63) is 0 Å². The fourth-order valence-electron chi connectivity index (χ4n) is 1.86. The van der Waals surface area contributed by atoms with Gasteiger partial charge in [0.25, 0.3) is 0 Å². The van der Waals surface area contributed by atoms with E-state index in [2.05, 4.69) is 10.6 Å². The van der Waals surface area contributed by atoms with E-state index in [1.807, 2.05) is 13.8 Å². The Morgan fingerprint density at radius 3 is 2.74 bits per heavy atom. The van der Waals surface area contributed by atoms with Crippen molar-refractivity contribution in [2.45, 2.75) is 45.7 Å². The van der Waals surface area contributed by atoms with E-state index in [9.17, 15) is 9.59 Å². The van der Waals surface area contributed by atoms with Gasteiger partial charge in [0.05, 0.1) is 18.6 Å². The SMILES string of the molecule is CCC(C)NC(=O)CCNC(=O)C1(C)COCC1N. The third-order valence-electron chi connectivity index (χ3n) is 3.69. The van der Waals surface area contributed by atoms with Gasteiger partial charge >= 0.3 is 0 Å². The number of hydrogen-bond donors (Lipinski definition) is 3. The van der Waals surface area contributed by atoms with Gasteiger partial charge in [-0.25, -0.2) is 0 Å². The van der Waals surface area contributed by atoms with Crippen molar-refractivity contribution < 1.29 is 14.3 Å². The maximum Gasteiger partial charge on any atom is 0.229 e. The Morgan fingerprint density at radius 1 is 1.53 bits per heavy atom. The minimum absolute atomic E-state index is 0.0493. The van der Waals surface area contributed by atoms with Gasteiger partial charge in [-0.15, -0.1) is 0 Å². The average Bonchev–Trinajstić information content (AvgIpc) is 2.70. The van der Waals surface area contributed by atoms with Crippen molar-refractivity contribution in [3.63, 3.8) is 0 Å². The summed E-state index contributed by atoms with van der Waals surface area (Å²) in [5.41, 5.74) is 5.18. The molecule has 110 valence electrons. The fraction of sp³-hybridized carbons (Fsp3) is 0.846. The highest BCUT2D eigenvalue weighted by molar-refractivity contribution is 5.84. The summed E-state index contributed by atoms with van der Waals surface area (Å²) in [4.78, 5) is 23.6. The highest BCUT2D eigenvalue weighted by Gasteiger charge is 2.44. The van der Waals surface area contributed by atoms with Gasteiger partial charge in [0, 0.05) is 25.0 Å². The monoisotopic (exact) mass is 271 g/mol. The highest BCUT2D eigenvalue weighted by Crippen LogP contribution is 2.26. The molecule has 0 aromatic carbocycles. The molecule has 0 bridgehead atoms. The number of carbonyl (C=O) groups excluding carboxylic acids is 2. The lowest BCUT2D eigenvalue weighted by Gasteiger charge is -2.25. The summed E-state index contributed by atoms with van der Waals surface area (Å²) in [7, 11) is 0. The maximum absolute atomic E-state index is 12.0. The van der Waals surface area contributed by atoms with E-state index >= 15 is 0 Å².